The molecule has 1 spiro atoms. The molecule has 1 saturated carbocycles. The smallest absolute Gasteiger partial charge is 0.325 e. The summed E-state index contributed by atoms with van der Waals surface area (Å²) in [5, 5.41) is 3.50. The summed E-state index contributed by atoms with van der Waals surface area (Å²) >= 11 is 5.90. The monoisotopic (exact) mass is 336 g/mol. The average Bonchev–Trinajstić information content (AvgIpc) is 2.75. The number of nitrogens with zero attached hydrogens (tertiary/aromatic N) is 1. The third-order valence-corrected chi connectivity index (χ3v) is 4.99. The molecule has 0 bridgehead atoms. The molecular formula is C17H21ClN2O3. The molecule has 1 aliphatic carbocycles. The molecule has 124 valence electrons. The number of ether oxygens (including phenoxy) is 1. The van der Waals surface area contributed by atoms with E-state index in [4.69, 9.17) is 16.3 Å². The Balaban J connectivity index is 1.58. The number of carbonyl (C=O) groups excluding carboxylic acids is 2. The van der Waals surface area contributed by atoms with Gasteiger partial charge in [0.05, 0.1) is 6.54 Å². The molecule has 3 amide bonds. The minimum atomic E-state index is -0.681. The van der Waals surface area contributed by atoms with Crippen molar-refractivity contribution in [1.82, 2.24) is 10.2 Å². The van der Waals surface area contributed by atoms with Gasteiger partial charge in [-0.3, -0.25) is 9.69 Å². The first kappa shape index (κ1) is 16.1. The molecule has 0 atom stereocenters. The van der Waals surface area contributed by atoms with Gasteiger partial charge in [0, 0.05) is 5.02 Å². The van der Waals surface area contributed by atoms with Crippen LogP contribution in [0, 0.1) is 5.92 Å². The van der Waals surface area contributed by atoms with Gasteiger partial charge in [0.2, 0.25) is 0 Å². The molecule has 2 aliphatic rings. The zero-order valence-electron chi connectivity index (χ0n) is 13.2. The van der Waals surface area contributed by atoms with Crippen LogP contribution in [0.1, 0.15) is 32.6 Å². The van der Waals surface area contributed by atoms with Gasteiger partial charge in [-0.25, -0.2) is 4.79 Å². The number of benzene rings is 1. The predicted molar refractivity (Wildman–Crippen MR) is 87.6 cm³/mol. The maximum absolute atomic E-state index is 12.7. The minimum absolute atomic E-state index is 0.107. The van der Waals surface area contributed by atoms with E-state index >= 15 is 0 Å². The van der Waals surface area contributed by atoms with E-state index < -0.39 is 5.54 Å². The van der Waals surface area contributed by atoms with Gasteiger partial charge in [-0.1, -0.05) is 24.6 Å². The van der Waals surface area contributed by atoms with Gasteiger partial charge in [0.15, 0.2) is 0 Å². The second-order valence-electron chi connectivity index (χ2n) is 6.46. The summed E-state index contributed by atoms with van der Waals surface area (Å²) in [5.41, 5.74) is -0.681. The summed E-state index contributed by atoms with van der Waals surface area (Å²) in [6, 6.07) is 6.75. The fourth-order valence-corrected chi connectivity index (χ4v) is 3.46. The molecule has 0 aromatic heterocycles. The van der Waals surface area contributed by atoms with Crippen LogP contribution in [-0.2, 0) is 4.79 Å². The zero-order chi connectivity index (χ0) is 16.4. The molecule has 2 fully saturated rings. The summed E-state index contributed by atoms with van der Waals surface area (Å²) in [7, 11) is 0. The molecular weight excluding hydrogens is 316 g/mol. The topological polar surface area (TPSA) is 58.6 Å². The Morgan fingerprint density at radius 3 is 2.78 bits per heavy atom. The molecule has 0 unspecified atom stereocenters. The Morgan fingerprint density at radius 1 is 1.35 bits per heavy atom. The SMILES string of the molecule is CC1CCC2(CC1)NC(=O)N(CCOc1cccc(Cl)c1)C2=O. The second kappa shape index (κ2) is 6.40. The maximum Gasteiger partial charge on any atom is 0.325 e. The highest BCUT2D eigenvalue weighted by atomic mass is 35.5. The number of urea groups is 1. The molecule has 1 aromatic rings. The van der Waals surface area contributed by atoms with E-state index in [-0.39, 0.29) is 25.1 Å². The Kier molecular flexibility index (Phi) is 4.48. The van der Waals surface area contributed by atoms with Crippen molar-refractivity contribution in [3.05, 3.63) is 29.3 Å². The van der Waals surface area contributed by atoms with Gasteiger partial charge >= 0.3 is 6.03 Å². The van der Waals surface area contributed by atoms with Gasteiger partial charge < -0.3 is 10.1 Å². The molecule has 1 N–H and O–H groups in total. The molecule has 1 aliphatic heterocycles. The summed E-state index contributed by atoms with van der Waals surface area (Å²) in [5.74, 6) is 1.14. The quantitative estimate of drug-likeness (QED) is 0.859. The number of rotatable bonds is 4. The average molecular weight is 337 g/mol. The number of carbonyl (C=O) groups is 2. The van der Waals surface area contributed by atoms with Crippen molar-refractivity contribution >= 4 is 23.5 Å². The number of imide groups is 1. The Labute approximate surface area is 140 Å². The first-order valence-electron chi connectivity index (χ1n) is 8.03. The van der Waals surface area contributed by atoms with E-state index in [0.717, 1.165) is 25.7 Å². The summed E-state index contributed by atoms with van der Waals surface area (Å²) in [4.78, 5) is 26.1. The van der Waals surface area contributed by atoms with Crippen LogP contribution in [0.4, 0.5) is 4.79 Å². The van der Waals surface area contributed by atoms with Crippen LogP contribution in [0.3, 0.4) is 0 Å². The van der Waals surface area contributed by atoms with Crippen molar-refractivity contribution in [2.24, 2.45) is 5.92 Å². The number of halogens is 1. The van der Waals surface area contributed by atoms with E-state index in [1.165, 1.54) is 4.90 Å². The third-order valence-electron chi connectivity index (χ3n) is 4.75. The van der Waals surface area contributed by atoms with Gasteiger partial charge in [0.25, 0.3) is 5.91 Å². The van der Waals surface area contributed by atoms with Gasteiger partial charge in [-0.15, -0.1) is 0 Å². The minimum Gasteiger partial charge on any atom is -0.492 e. The highest BCUT2D eigenvalue weighted by molar-refractivity contribution is 6.30. The summed E-state index contributed by atoms with van der Waals surface area (Å²) < 4.78 is 5.58. The maximum atomic E-state index is 12.7. The van der Waals surface area contributed by atoms with Crippen LogP contribution in [-0.4, -0.2) is 35.5 Å². The van der Waals surface area contributed by atoms with Gasteiger partial charge in [0.1, 0.15) is 17.9 Å². The van der Waals surface area contributed by atoms with E-state index in [0.29, 0.717) is 16.7 Å². The zero-order valence-corrected chi connectivity index (χ0v) is 13.9. The fourth-order valence-electron chi connectivity index (χ4n) is 3.28. The lowest BCUT2D eigenvalue weighted by Gasteiger charge is -2.33. The standard InChI is InChI=1S/C17H21ClN2O3/c1-12-5-7-17(8-6-12)15(21)20(16(22)19-17)9-10-23-14-4-2-3-13(18)11-14/h2-4,11-12H,5-10H2,1H3,(H,19,22). The largest absolute Gasteiger partial charge is 0.492 e. The van der Waals surface area contributed by atoms with E-state index in [1.54, 1.807) is 24.3 Å². The fraction of sp³-hybridized carbons (Fsp3) is 0.529. The van der Waals surface area contributed by atoms with Gasteiger partial charge in [-0.2, -0.15) is 0 Å². The number of hydrogen-bond acceptors (Lipinski definition) is 3. The Hall–Kier alpha value is -1.75. The number of amides is 3. The normalized spacial score (nSPS) is 27.4. The van der Waals surface area contributed by atoms with Crippen molar-refractivity contribution in [1.29, 1.82) is 0 Å². The molecule has 0 radical (unpaired) electrons. The van der Waals surface area contributed by atoms with Crippen LogP contribution in [0.15, 0.2) is 24.3 Å². The molecule has 1 heterocycles. The lowest BCUT2D eigenvalue weighted by molar-refractivity contribution is -0.132. The van der Waals surface area contributed by atoms with E-state index in [2.05, 4.69) is 12.2 Å². The third kappa shape index (κ3) is 3.29. The van der Waals surface area contributed by atoms with Crippen molar-refractivity contribution in [3.8, 4) is 5.75 Å². The summed E-state index contributed by atoms with van der Waals surface area (Å²) in [6.07, 6.45) is 3.40. The number of nitrogens with one attached hydrogen (secondary N) is 1. The molecule has 3 rings (SSSR count). The molecule has 1 saturated heterocycles. The van der Waals surface area contributed by atoms with E-state index in [1.807, 2.05) is 0 Å². The summed E-state index contributed by atoms with van der Waals surface area (Å²) in [6.45, 7) is 2.69. The van der Waals surface area contributed by atoms with Crippen molar-refractivity contribution in [2.45, 2.75) is 38.1 Å². The van der Waals surface area contributed by atoms with Crippen LogP contribution < -0.4 is 10.1 Å². The lowest BCUT2D eigenvalue weighted by Crippen LogP contribution is -2.49. The van der Waals surface area contributed by atoms with Crippen molar-refractivity contribution in [2.75, 3.05) is 13.2 Å². The highest BCUT2D eigenvalue weighted by Gasteiger charge is 2.51. The van der Waals surface area contributed by atoms with Crippen LogP contribution in [0.2, 0.25) is 5.02 Å². The molecule has 6 heteroatoms. The van der Waals surface area contributed by atoms with Crippen LogP contribution in [0.5, 0.6) is 5.75 Å². The first-order valence-corrected chi connectivity index (χ1v) is 8.40. The van der Waals surface area contributed by atoms with Gasteiger partial charge in [-0.05, 0) is 49.8 Å². The Morgan fingerprint density at radius 2 is 2.09 bits per heavy atom. The van der Waals surface area contributed by atoms with Crippen molar-refractivity contribution in [3.63, 3.8) is 0 Å². The molecule has 23 heavy (non-hydrogen) atoms. The first-order chi connectivity index (χ1) is 11.0. The lowest BCUT2D eigenvalue weighted by atomic mass is 9.77. The van der Waals surface area contributed by atoms with Crippen molar-refractivity contribution < 1.29 is 14.3 Å². The van der Waals surface area contributed by atoms with Crippen LogP contribution in [0.25, 0.3) is 0 Å². The number of hydrogen-bond donors (Lipinski definition) is 1. The predicted octanol–water partition coefficient (Wildman–Crippen LogP) is 3.22. The van der Waals surface area contributed by atoms with Crippen LogP contribution >= 0.6 is 11.6 Å². The Bertz CT molecular complexity index is 612. The second-order valence-corrected chi connectivity index (χ2v) is 6.89. The highest BCUT2D eigenvalue weighted by Crippen LogP contribution is 2.36. The molecule has 1 aromatic carbocycles. The van der Waals surface area contributed by atoms with E-state index in [9.17, 15) is 9.59 Å². The molecule has 5 nitrogen and oxygen atoms in total.